The van der Waals surface area contributed by atoms with E-state index in [0.717, 1.165) is 20.4 Å². The number of rotatable bonds is 1. The molecule has 1 aromatic carbocycles. The first-order valence-electron chi connectivity index (χ1n) is 3.31. The van der Waals surface area contributed by atoms with Gasteiger partial charge in [-0.05, 0) is 52.8 Å². The zero-order valence-corrected chi connectivity index (χ0v) is 8.42. The largest absolute Gasteiger partial charge is 0.399 e. The number of halogens is 1. The van der Waals surface area contributed by atoms with Gasteiger partial charge in [0, 0.05) is 9.26 Å². The van der Waals surface area contributed by atoms with Crippen LogP contribution in [0.15, 0.2) is 12.1 Å². The minimum absolute atomic E-state index is 0.0646. The van der Waals surface area contributed by atoms with Crippen LogP contribution in [0.3, 0.4) is 0 Å². The van der Waals surface area contributed by atoms with Gasteiger partial charge < -0.3 is 10.8 Å². The molecule has 11 heavy (non-hydrogen) atoms. The van der Waals surface area contributed by atoms with Crippen molar-refractivity contribution in [2.75, 3.05) is 5.73 Å². The quantitative estimate of drug-likeness (QED) is 0.598. The highest BCUT2D eigenvalue weighted by atomic mass is 127. The molecule has 0 amide bonds. The topological polar surface area (TPSA) is 46.2 Å². The summed E-state index contributed by atoms with van der Waals surface area (Å²) in [7, 11) is 0. The highest BCUT2D eigenvalue weighted by Crippen LogP contribution is 2.21. The molecule has 0 saturated heterocycles. The van der Waals surface area contributed by atoms with Crippen LogP contribution in [0, 0.1) is 10.5 Å². The molecule has 1 aromatic rings. The summed E-state index contributed by atoms with van der Waals surface area (Å²) < 4.78 is 1.07. The van der Waals surface area contributed by atoms with Crippen molar-refractivity contribution in [1.82, 2.24) is 0 Å². The number of nitrogens with two attached hydrogens (primary N) is 1. The Hall–Kier alpha value is -0.290. The van der Waals surface area contributed by atoms with Gasteiger partial charge >= 0.3 is 0 Å². The van der Waals surface area contributed by atoms with Crippen LogP contribution in [0.4, 0.5) is 5.69 Å². The number of hydrogen-bond acceptors (Lipinski definition) is 2. The van der Waals surface area contributed by atoms with Gasteiger partial charge in [-0.25, -0.2) is 0 Å². The fraction of sp³-hybridized carbons (Fsp3) is 0.250. The molecule has 0 unspecified atom stereocenters. The molecule has 0 aliphatic carbocycles. The standard InChI is InChI=1S/C8H10INO/c1-5-6(4-11)7(9)2-3-8(5)10/h2-3,11H,4,10H2,1H3. The maximum absolute atomic E-state index is 8.96. The Morgan fingerprint density at radius 1 is 1.55 bits per heavy atom. The Kier molecular flexibility index (Phi) is 2.72. The van der Waals surface area contributed by atoms with Crippen molar-refractivity contribution >= 4 is 28.3 Å². The molecule has 0 heterocycles. The lowest BCUT2D eigenvalue weighted by Gasteiger charge is -2.07. The number of benzene rings is 1. The Morgan fingerprint density at radius 3 is 2.64 bits per heavy atom. The SMILES string of the molecule is Cc1c(N)ccc(I)c1CO. The van der Waals surface area contributed by atoms with Crippen molar-refractivity contribution in [1.29, 1.82) is 0 Å². The molecule has 0 atom stereocenters. The highest BCUT2D eigenvalue weighted by molar-refractivity contribution is 14.1. The van der Waals surface area contributed by atoms with E-state index < -0.39 is 0 Å². The predicted molar refractivity (Wildman–Crippen MR) is 54.2 cm³/mol. The molecule has 0 radical (unpaired) electrons. The summed E-state index contributed by atoms with van der Waals surface area (Å²) in [6.45, 7) is 1.98. The van der Waals surface area contributed by atoms with Crippen molar-refractivity contribution in [2.45, 2.75) is 13.5 Å². The van der Waals surface area contributed by atoms with Crippen LogP contribution < -0.4 is 5.73 Å². The smallest absolute Gasteiger partial charge is 0.0695 e. The number of hydrogen-bond donors (Lipinski definition) is 2. The third kappa shape index (κ3) is 1.65. The number of anilines is 1. The maximum Gasteiger partial charge on any atom is 0.0695 e. The molecule has 3 heteroatoms. The average Bonchev–Trinajstić information content (AvgIpc) is 1.99. The van der Waals surface area contributed by atoms with Gasteiger partial charge in [-0.3, -0.25) is 0 Å². The lowest BCUT2D eigenvalue weighted by atomic mass is 10.1. The molecule has 1 rings (SSSR count). The van der Waals surface area contributed by atoms with E-state index in [9.17, 15) is 0 Å². The average molecular weight is 263 g/mol. The van der Waals surface area contributed by atoms with E-state index >= 15 is 0 Å². The summed E-state index contributed by atoms with van der Waals surface area (Å²) in [5, 5.41) is 8.96. The predicted octanol–water partition coefficient (Wildman–Crippen LogP) is 1.67. The van der Waals surface area contributed by atoms with Crippen molar-refractivity contribution in [3.8, 4) is 0 Å². The first kappa shape index (κ1) is 8.80. The summed E-state index contributed by atoms with van der Waals surface area (Å²) in [6.07, 6.45) is 0. The molecule has 0 saturated carbocycles. The van der Waals surface area contributed by atoms with Gasteiger partial charge in [-0.2, -0.15) is 0 Å². The molecule has 0 fully saturated rings. The second kappa shape index (κ2) is 3.40. The molecular weight excluding hydrogens is 253 g/mol. The highest BCUT2D eigenvalue weighted by Gasteiger charge is 2.03. The van der Waals surface area contributed by atoms with Crippen molar-refractivity contribution in [2.24, 2.45) is 0 Å². The molecule has 3 N–H and O–H groups in total. The second-order valence-electron chi connectivity index (χ2n) is 2.40. The fourth-order valence-corrected chi connectivity index (χ4v) is 1.69. The Balaban J connectivity index is 3.29. The van der Waals surface area contributed by atoms with Gasteiger partial charge in [0.15, 0.2) is 0 Å². The van der Waals surface area contributed by atoms with Crippen LogP contribution in [-0.4, -0.2) is 5.11 Å². The van der Waals surface area contributed by atoms with E-state index in [0.29, 0.717) is 0 Å². The third-order valence-electron chi connectivity index (χ3n) is 1.74. The van der Waals surface area contributed by atoms with E-state index in [4.69, 9.17) is 10.8 Å². The third-order valence-corrected chi connectivity index (χ3v) is 2.75. The van der Waals surface area contributed by atoms with Crippen LogP contribution in [0.25, 0.3) is 0 Å². The number of aliphatic hydroxyl groups excluding tert-OH is 1. The van der Waals surface area contributed by atoms with E-state index in [1.165, 1.54) is 0 Å². The summed E-state index contributed by atoms with van der Waals surface area (Å²) in [5.74, 6) is 0. The maximum atomic E-state index is 8.96. The zero-order valence-electron chi connectivity index (χ0n) is 6.26. The fourth-order valence-electron chi connectivity index (χ4n) is 0.936. The van der Waals surface area contributed by atoms with Crippen LogP contribution in [0.5, 0.6) is 0 Å². The summed E-state index contributed by atoms with van der Waals surface area (Å²) in [4.78, 5) is 0. The Labute approximate surface area is 79.6 Å². The monoisotopic (exact) mass is 263 g/mol. The van der Waals surface area contributed by atoms with E-state index in [1.54, 1.807) is 0 Å². The van der Waals surface area contributed by atoms with Crippen LogP contribution in [-0.2, 0) is 6.61 Å². The molecule has 2 nitrogen and oxygen atoms in total. The van der Waals surface area contributed by atoms with E-state index in [-0.39, 0.29) is 6.61 Å². The van der Waals surface area contributed by atoms with Crippen LogP contribution >= 0.6 is 22.6 Å². The van der Waals surface area contributed by atoms with Gasteiger partial charge in [0.25, 0.3) is 0 Å². The second-order valence-corrected chi connectivity index (χ2v) is 3.56. The lowest BCUT2D eigenvalue weighted by Crippen LogP contribution is -1.97. The molecule has 0 bridgehead atoms. The van der Waals surface area contributed by atoms with Crippen molar-refractivity contribution in [3.05, 3.63) is 26.8 Å². The molecule has 0 spiro atoms. The molecule has 0 aromatic heterocycles. The molecular formula is C8H10INO. The van der Waals surface area contributed by atoms with Gasteiger partial charge in [0.2, 0.25) is 0 Å². The minimum atomic E-state index is 0.0646. The number of nitrogen functional groups attached to an aromatic ring is 1. The van der Waals surface area contributed by atoms with Gasteiger partial charge in [-0.1, -0.05) is 0 Å². The van der Waals surface area contributed by atoms with E-state index in [1.807, 2.05) is 19.1 Å². The first-order chi connectivity index (χ1) is 5.16. The van der Waals surface area contributed by atoms with Crippen LogP contribution in [0.2, 0.25) is 0 Å². The molecule has 0 aliphatic rings. The Bertz CT molecular complexity index is 273. The normalized spacial score (nSPS) is 10.1. The minimum Gasteiger partial charge on any atom is -0.399 e. The van der Waals surface area contributed by atoms with Crippen LogP contribution in [0.1, 0.15) is 11.1 Å². The van der Waals surface area contributed by atoms with E-state index in [2.05, 4.69) is 22.6 Å². The lowest BCUT2D eigenvalue weighted by molar-refractivity contribution is 0.280. The Morgan fingerprint density at radius 2 is 2.18 bits per heavy atom. The van der Waals surface area contributed by atoms with Crippen molar-refractivity contribution in [3.63, 3.8) is 0 Å². The molecule has 60 valence electrons. The number of aliphatic hydroxyl groups is 1. The summed E-state index contributed by atoms with van der Waals surface area (Å²) in [5.41, 5.74) is 8.32. The summed E-state index contributed by atoms with van der Waals surface area (Å²) in [6, 6.07) is 3.77. The van der Waals surface area contributed by atoms with Gasteiger partial charge in [0.05, 0.1) is 6.61 Å². The van der Waals surface area contributed by atoms with Crippen molar-refractivity contribution < 1.29 is 5.11 Å². The molecule has 0 aliphatic heterocycles. The van der Waals surface area contributed by atoms with Gasteiger partial charge in [0.1, 0.15) is 0 Å². The van der Waals surface area contributed by atoms with Gasteiger partial charge in [-0.15, -0.1) is 0 Å². The first-order valence-corrected chi connectivity index (χ1v) is 4.39. The summed E-state index contributed by atoms with van der Waals surface area (Å²) >= 11 is 2.19. The zero-order chi connectivity index (χ0) is 8.43.